The fraction of sp³-hybridized carbons (Fsp3) is 0.167. The Balaban J connectivity index is 1.73. The first-order valence-corrected chi connectivity index (χ1v) is 8.56. The van der Waals surface area contributed by atoms with Gasteiger partial charge in [0.25, 0.3) is 11.6 Å². The Labute approximate surface area is 152 Å². The average molecular weight is 376 g/mol. The highest BCUT2D eigenvalue weighted by Gasteiger charge is 2.22. The van der Waals surface area contributed by atoms with Crippen LogP contribution in [0.5, 0.6) is 0 Å². The van der Waals surface area contributed by atoms with Crippen molar-refractivity contribution in [3.05, 3.63) is 66.1 Å². The number of hydrogen-bond donors (Lipinski definition) is 0. The zero-order valence-electron chi connectivity index (χ0n) is 13.6. The molecule has 3 rings (SSSR count). The van der Waals surface area contributed by atoms with Crippen molar-refractivity contribution in [2.75, 3.05) is 0 Å². The van der Waals surface area contributed by atoms with E-state index in [0.717, 1.165) is 5.56 Å². The molecule has 0 N–H and O–H groups in total. The summed E-state index contributed by atoms with van der Waals surface area (Å²) in [6.07, 6.45) is -0.822. The van der Waals surface area contributed by atoms with E-state index in [1.165, 1.54) is 12.1 Å². The van der Waals surface area contributed by atoms with Gasteiger partial charge in [-0.3, -0.25) is 0 Å². The third-order valence-corrected chi connectivity index (χ3v) is 4.20. The molecular weight excluding hydrogens is 362 g/mol. The van der Waals surface area contributed by atoms with Crippen LogP contribution in [0.3, 0.4) is 0 Å². The van der Waals surface area contributed by atoms with Gasteiger partial charge in [-0.15, -0.1) is 10.2 Å². The van der Waals surface area contributed by atoms with E-state index >= 15 is 0 Å². The molecule has 1 heterocycles. The summed E-state index contributed by atoms with van der Waals surface area (Å²) in [6.45, 7) is 1.57. The van der Waals surface area contributed by atoms with Gasteiger partial charge in [-0.25, -0.2) is 4.79 Å². The first kappa shape index (κ1) is 18.1. The van der Waals surface area contributed by atoms with Crippen molar-refractivity contribution in [1.82, 2.24) is 10.2 Å². The predicted octanol–water partition coefficient (Wildman–Crippen LogP) is 4.97. The van der Waals surface area contributed by atoms with E-state index in [1.807, 2.05) is 30.3 Å². The average Bonchev–Trinajstić information content (AvgIpc) is 3.12. The first-order chi connectivity index (χ1) is 12.5. The van der Waals surface area contributed by atoms with Crippen LogP contribution in [0, 0.1) is 0 Å². The number of thioether (sulfide) groups is 1. The summed E-state index contributed by atoms with van der Waals surface area (Å²) in [5.74, 6) is -2.94. The number of alkyl halides is 2. The summed E-state index contributed by atoms with van der Waals surface area (Å²) in [5, 5.41) is 7.82. The van der Waals surface area contributed by atoms with Crippen molar-refractivity contribution in [2.24, 2.45) is 0 Å². The highest BCUT2D eigenvalue weighted by molar-refractivity contribution is 7.99. The first-order valence-electron chi connectivity index (χ1n) is 7.68. The second-order valence-corrected chi connectivity index (χ2v) is 6.27. The third-order valence-electron chi connectivity index (χ3n) is 3.42. The Morgan fingerprint density at radius 2 is 1.77 bits per heavy atom. The molecule has 0 fully saturated rings. The quantitative estimate of drug-likeness (QED) is 0.447. The summed E-state index contributed by atoms with van der Waals surface area (Å²) in [6, 6.07) is 15.2. The molecular formula is C18H14F2N2O3S. The SMILES string of the molecule is CC(OC(=O)c1ccccc1SC(F)F)c1nnc(-c2ccccc2)o1. The smallest absolute Gasteiger partial charge is 0.340 e. The normalized spacial score (nSPS) is 12.2. The lowest BCUT2D eigenvalue weighted by atomic mass is 10.2. The van der Waals surface area contributed by atoms with Crippen LogP contribution >= 0.6 is 11.8 Å². The second-order valence-electron chi connectivity index (χ2n) is 5.23. The Bertz CT molecular complexity index is 887. The molecule has 0 aliphatic rings. The molecule has 5 nitrogen and oxygen atoms in total. The highest BCUT2D eigenvalue weighted by Crippen LogP contribution is 2.30. The number of benzene rings is 2. The lowest BCUT2D eigenvalue weighted by molar-refractivity contribution is 0.0276. The fourth-order valence-electron chi connectivity index (χ4n) is 2.20. The number of aromatic nitrogens is 2. The topological polar surface area (TPSA) is 65.2 Å². The van der Waals surface area contributed by atoms with Gasteiger partial charge in [0, 0.05) is 10.5 Å². The molecule has 0 saturated carbocycles. The lowest BCUT2D eigenvalue weighted by Gasteiger charge is -2.12. The number of carbonyl (C=O) groups excluding carboxylic acids is 1. The van der Waals surface area contributed by atoms with E-state index in [0.29, 0.717) is 17.7 Å². The molecule has 3 aromatic rings. The number of carbonyl (C=O) groups is 1. The summed E-state index contributed by atoms with van der Waals surface area (Å²) >= 11 is 0.292. The zero-order chi connectivity index (χ0) is 18.5. The van der Waals surface area contributed by atoms with Crippen LogP contribution in [0.25, 0.3) is 11.5 Å². The summed E-state index contributed by atoms with van der Waals surface area (Å²) < 4.78 is 36.1. The maximum Gasteiger partial charge on any atom is 0.340 e. The van der Waals surface area contributed by atoms with Crippen molar-refractivity contribution in [3.8, 4) is 11.5 Å². The van der Waals surface area contributed by atoms with Crippen LogP contribution in [0.4, 0.5) is 8.78 Å². The number of ether oxygens (including phenoxy) is 1. The molecule has 2 aromatic carbocycles. The van der Waals surface area contributed by atoms with Gasteiger partial charge in [0.05, 0.1) is 5.56 Å². The predicted molar refractivity (Wildman–Crippen MR) is 91.9 cm³/mol. The van der Waals surface area contributed by atoms with E-state index in [2.05, 4.69) is 10.2 Å². The Hall–Kier alpha value is -2.74. The minimum Gasteiger partial charge on any atom is -0.449 e. The Kier molecular flexibility index (Phi) is 5.62. The van der Waals surface area contributed by atoms with Crippen molar-refractivity contribution >= 4 is 17.7 Å². The molecule has 26 heavy (non-hydrogen) atoms. The van der Waals surface area contributed by atoms with Gasteiger partial charge in [0.2, 0.25) is 5.89 Å². The highest BCUT2D eigenvalue weighted by atomic mass is 32.2. The van der Waals surface area contributed by atoms with Gasteiger partial charge >= 0.3 is 5.97 Å². The van der Waals surface area contributed by atoms with E-state index < -0.39 is 17.8 Å². The molecule has 1 unspecified atom stereocenters. The minimum absolute atomic E-state index is 0.0625. The fourth-order valence-corrected chi connectivity index (χ4v) is 2.83. The molecule has 0 bridgehead atoms. The van der Waals surface area contributed by atoms with Gasteiger partial charge < -0.3 is 9.15 Å². The maximum atomic E-state index is 12.6. The van der Waals surface area contributed by atoms with Crippen LogP contribution in [-0.4, -0.2) is 21.9 Å². The van der Waals surface area contributed by atoms with Crippen molar-refractivity contribution in [3.63, 3.8) is 0 Å². The van der Waals surface area contributed by atoms with E-state index in [1.54, 1.807) is 19.1 Å². The van der Waals surface area contributed by atoms with Crippen LogP contribution in [0.15, 0.2) is 63.9 Å². The lowest BCUT2D eigenvalue weighted by Crippen LogP contribution is -2.10. The molecule has 0 radical (unpaired) electrons. The largest absolute Gasteiger partial charge is 0.449 e. The van der Waals surface area contributed by atoms with E-state index in [4.69, 9.17) is 9.15 Å². The number of rotatable bonds is 6. The van der Waals surface area contributed by atoms with Crippen molar-refractivity contribution in [1.29, 1.82) is 0 Å². The van der Waals surface area contributed by atoms with Crippen LogP contribution in [-0.2, 0) is 4.74 Å². The molecule has 134 valence electrons. The number of nitrogens with zero attached hydrogens (tertiary/aromatic N) is 2. The van der Waals surface area contributed by atoms with Crippen molar-refractivity contribution < 1.29 is 22.7 Å². The molecule has 1 atom stereocenters. The van der Waals surface area contributed by atoms with E-state index in [9.17, 15) is 13.6 Å². The summed E-state index contributed by atoms with van der Waals surface area (Å²) in [4.78, 5) is 12.5. The zero-order valence-corrected chi connectivity index (χ0v) is 14.5. The molecule has 0 amide bonds. The summed E-state index contributed by atoms with van der Waals surface area (Å²) in [5.41, 5.74) is 0.802. The standard InChI is InChI=1S/C18H14F2N2O3S/c1-11(15-21-22-16(25-15)12-7-3-2-4-8-12)24-17(23)13-9-5-6-10-14(13)26-18(19)20/h2-11,18H,1H3. The molecule has 0 saturated heterocycles. The monoisotopic (exact) mass is 376 g/mol. The maximum absolute atomic E-state index is 12.6. The van der Waals surface area contributed by atoms with Crippen molar-refractivity contribution in [2.45, 2.75) is 23.7 Å². The Morgan fingerprint density at radius 1 is 1.08 bits per heavy atom. The molecule has 0 aliphatic heterocycles. The van der Waals surface area contributed by atoms with E-state index in [-0.39, 0.29) is 16.3 Å². The molecule has 0 aliphatic carbocycles. The van der Waals surface area contributed by atoms with Gasteiger partial charge in [0.15, 0.2) is 6.10 Å². The van der Waals surface area contributed by atoms with Crippen LogP contribution in [0.1, 0.15) is 29.3 Å². The van der Waals surface area contributed by atoms with Gasteiger partial charge in [-0.05, 0) is 31.2 Å². The molecule has 8 heteroatoms. The third kappa shape index (κ3) is 4.26. The Morgan fingerprint density at radius 3 is 2.50 bits per heavy atom. The minimum atomic E-state index is -2.63. The summed E-state index contributed by atoms with van der Waals surface area (Å²) in [7, 11) is 0. The number of hydrogen-bond acceptors (Lipinski definition) is 6. The number of esters is 1. The van der Waals surface area contributed by atoms with Crippen LogP contribution < -0.4 is 0 Å². The molecule has 1 aromatic heterocycles. The van der Waals surface area contributed by atoms with Crippen LogP contribution in [0.2, 0.25) is 0 Å². The van der Waals surface area contributed by atoms with Gasteiger partial charge in [-0.1, -0.05) is 42.1 Å². The number of halogens is 2. The van der Waals surface area contributed by atoms with Gasteiger partial charge in [-0.2, -0.15) is 8.78 Å². The van der Waals surface area contributed by atoms with Gasteiger partial charge in [0.1, 0.15) is 0 Å². The molecule has 0 spiro atoms. The second kappa shape index (κ2) is 8.09.